The van der Waals surface area contributed by atoms with Gasteiger partial charge < -0.3 is 0 Å². The van der Waals surface area contributed by atoms with Crippen LogP contribution >= 0.6 is 113 Å². The zero-order valence-corrected chi connectivity index (χ0v) is 16.4. The van der Waals surface area contributed by atoms with Crippen LogP contribution in [0.2, 0.25) is 0 Å². The van der Waals surface area contributed by atoms with Gasteiger partial charge in [-0.3, -0.25) is 0 Å². The average molecular weight is 722 g/mol. The third kappa shape index (κ3) is 3.47. The second-order valence-corrected chi connectivity index (χ2v) is 15.4. The second kappa shape index (κ2) is 5.27. The first-order chi connectivity index (χ1) is 5.43. The molecule has 1 aromatic rings. The summed E-state index contributed by atoms with van der Waals surface area (Å²) in [5, 5.41) is 0. The zero-order valence-electron chi connectivity index (χ0n) is 5.62. The Morgan fingerprint density at radius 1 is 1.00 bits per heavy atom. The molecule has 1 rings (SSSR count). The van der Waals surface area contributed by atoms with E-state index in [9.17, 15) is 0 Å². The molecule has 0 spiro atoms. The summed E-state index contributed by atoms with van der Waals surface area (Å²) in [6, 6.07) is 6.45. The monoisotopic (exact) mass is 722 g/mol. The van der Waals surface area contributed by atoms with Gasteiger partial charge in [0.05, 0.1) is 0 Å². The van der Waals surface area contributed by atoms with Gasteiger partial charge in [-0.05, 0) is 119 Å². The molecule has 0 radical (unpaired) electrons. The van der Waals surface area contributed by atoms with Crippen molar-refractivity contribution in [3.63, 3.8) is 0 Å². The van der Waals surface area contributed by atoms with E-state index >= 15 is 0 Å². The zero-order chi connectivity index (χ0) is 9.35. The molecule has 0 saturated heterocycles. The van der Waals surface area contributed by atoms with Gasteiger partial charge in [0, 0.05) is 12.7 Å². The van der Waals surface area contributed by atoms with Crippen LogP contribution in [-0.4, -0.2) is 0 Å². The molecule has 0 atom stereocenters. The first kappa shape index (κ1) is 12.9. The van der Waals surface area contributed by atoms with E-state index in [1.54, 1.807) is 0 Å². The van der Waals surface area contributed by atoms with E-state index < -0.39 is 0 Å². The maximum absolute atomic E-state index is 2.45. The highest BCUT2D eigenvalue weighted by molar-refractivity contribution is 14.3. The van der Waals surface area contributed by atoms with Crippen LogP contribution in [0.5, 0.6) is 0 Å². The van der Waals surface area contributed by atoms with Gasteiger partial charge in [0.2, 0.25) is 0 Å². The third-order valence-corrected chi connectivity index (χ3v) is 6.09. The largest absolute Gasteiger partial charge is 0.150 e. The molecular weight excluding hydrogens is 719 g/mol. The fourth-order valence-corrected chi connectivity index (χ4v) is 4.88. The topological polar surface area (TPSA) is 0 Å². The Kier molecular flexibility index (Phi) is 5.69. The van der Waals surface area contributed by atoms with Crippen LogP contribution in [0, 0.1) is 7.14 Å². The molecule has 0 bridgehead atoms. The summed E-state index contributed by atoms with van der Waals surface area (Å²) in [6.07, 6.45) is 0. The molecule has 0 aliphatic heterocycles. The molecule has 0 amide bonds. The number of hydrogen-bond acceptors (Lipinski definition) is 0. The van der Waals surface area contributed by atoms with Crippen LogP contribution in [0.25, 0.3) is 0 Å². The van der Waals surface area contributed by atoms with Crippen LogP contribution in [0.3, 0.4) is 0 Å². The molecule has 0 aliphatic carbocycles. The summed E-state index contributed by atoms with van der Waals surface area (Å²) < 4.78 is 2.87. The van der Waals surface area contributed by atoms with Crippen LogP contribution < -0.4 is 0 Å². The summed E-state index contributed by atoms with van der Waals surface area (Å²) >= 11 is 12.1. The van der Waals surface area contributed by atoms with Gasteiger partial charge in [-0.15, -0.1) is 0 Å². The summed E-state index contributed by atoms with van der Waals surface area (Å²) in [5.41, 5.74) is 1.40. The highest BCUT2D eigenvalue weighted by atomic mass is 127. The van der Waals surface area contributed by atoms with Crippen molar-refractivity contribution >= 4 is 113 Å². The van der Waals surface area contributed by atoms with Crippen molar-refractivity contribution in [1.29, 1.82) is 0 Å². The summed E-state index contributed by atoms with van der Waals surface area (Å²) in [6.45, 7) is 0. The molecule has 1 aromatic carbocycles. The molecule has 0 aliphatic rings. The van der Waals surface area contributed by atoms with Crippen molar-refractivity contribution < 1.29 is 0 Å². The quantitative estimate of drug-likeness (QED) is 0.273. The third-order valence-electron chi connectivity index (χ3n) is 1.26. The lowest BCUT2D eigenvalue weighted by Crippen LogP contribution is -2.01. The molecule has 0 N–H and O–H groups in total. The van der Waals surface area contributed by atoms with Crippen molar-refractivity contribution in [3.05, 3.63) is 30.9 Å². The molecule has 0 saturated carbocycles. The molecule has 0 fully saturated rings. The molecule has 12 heavy (non-hydrogen) atoms. The number of halogens is 5. The predicted molar refractivity (Wildman–Crippen MR) is 95.6 cm³/mol. The average Bonchev–Trinajstić information content (AvgIpc) is 1.92. The molecule has 0 unspecified atom stereocenters. The number of hydrogen-bond donors (Lipinski definition) is 0. The fraction of sp³-hybridized carbons (Fsp3) is 0.143. The van der Waals surface area contributed by atoms with E-state index in [0.29, 0.717) is 0 Å². The Balaban J connectivity index is 3.26. The standard InChI is InChI=1S/C7H3I5/c8-5-3-1-2-4(6(5)9)7(10,11)12/h1-3H. The van der Waals surface area contributed by atoms with E-state index in [1.165, 1.54) is 12.7 Å². The lowest BCUT2D eigenvalue weighted by atomic mass is 10.2. The van der Waals surface area contributed by atoms with Crippen molar-refractivity contribution in [3.8, 4) is 0 Å². The highest BCUT2D eigenvalue weighted by Gasteiger charge is 2.23. The van der Waals surface area contributed by atoms with Gasteiger partial charge in [0.1, 0.15) is -0.565 Å². The lowest BCUT2D eigenvalue weighted by molar-refractivity contribution is 1.37. The lowest BCUT2D eigenvalue weighted by Gasteiger charge is -2.15. The summed E-state index contributed by atoms with van der Waals surface area (Å²) in [4.78, 5) is 0. The van der Waals surface area contributed by atoms with Crippen molar-refractivity contribution in [2.75, 3.05) is 0 Å². The molecule has 66 valence electrons. The highest BCUT2D eigenvalue weighted by Crippen LogP contribution is 2.48. The maximum atomic E-state index is 2.45. The van der Waals surface area contributed by atoms with Gasteiger partial charge in [-0.2, -0.15) is 0 Å². The smallest absolute Gasteiger partial charge is 0.0608 e. The Labute approximate surface area is 140 Å². The summed E-state index contributed by atoms with van der Waals surface area (Å²) in [7, 11) is 0. The molecule has 0 aromatic heterocycles. The van der Waals surface area contributed by atoms with E-state index in [1.807, 2.05) is 0 Å². The molecule has 0 heterocycles. The number of rotatable bonds is 1. The van der Waals surface area contributed by atoms with E-state index in [-0.39, 0.29) is -0.565 Å². The second-order valence-electron chi connectivity index (χ2n) is 2.10. The molecule has 5 heteroatoms. The van der Waals surface area contributed by atoms with Crippen molar-refractivity contribution in [2.45, 2.75) is -0.565 Å². The first-order valence-corrected chi connectivity index (χ1v) is 8.33. The summed E-state index contributed by atoms with van der Waals surface area (Å²) in [5.74, 6) is 0. The van der Waals surface area contributed by atoms with Crippen molar-refractivity contribution in [2.24, 2.45) is 0 Å². The normalized spacial score (nSPS) is 11.8. The SMILES string of the molecule is Ic1cccc(C(I)(I)I)c1I. The minimum atomic E-state index is 0.172. The van der Waals surface area contributed by atoms with Crippen LogP contribution in [0.15, 0.2) is 18.2 Å². The van der Waals surface area contributed by atoms with Crippen LogP contribution in [-0.2, 0) is -0.565 Å². The minimum Gasteiger partial charge on any atom is -0.0608 e. The van der Waals surface area contributed by atoms with Crippen LogP contribution in [0.4, 0.5) is 0 Å². The van der Waals surface area contributed by atoms with Crippen LogP contribution in [0.1, 0.15) is 5.56 Å². The van der Waals surface area contributed by atoms with E-state index in [0.717, 1.165) is 0 Å². The van der Waals surface area contributed by atoms with Gasteiger partial charge >= 0.3 is 0 Å². The first-order valence-electron chi connectivity index (χ1n) is 2.94. The van der Waals surface area contributed by atoms with Crippen molar-refractivity contribution in [1.82, 2.24) is 0 Å². The van der Waals surface area contributed by atoms with Gasteiger partial charge in [-0.25, -0.2) is 0 Å². The Morgan fingerprint density at radius 3 is 2.00 bits per heavy atom. The minimum absolute atomic E-state index is 0.172. The number of benzene rings is 1. The predicted octanol–water partition coefficient (Wildman–Crippen LogP) is 5.31. The fourth-order valence-electron chi connectivity index (χ4n) is 0.723. The Bertz CT molecular complexity index is 288. The Hall–Kier alpha value is 2.87. The van der Waals surface area contributed by atoms with Gasteiger partial charge in [0.15, 0.2) is 0 Å². The molecular formula is C7H3I5. The molecule has 0 nitrogen and oxygen atoms in total. The van der Waals surface area contributed by atoms with Gasteiger partial charge in [0.25, 0.3) is 0 Å². The van der Waals surface area contributed by atoms with E-state index in [4.69, 9.17) is 0 Å². The Morgan fingerprint density at radius 2 is 1.58 bits per heavy atom. The van der Waals surface area contributed by atoms with Gasteiger partial charge in [-0.1, -0.05) is 12.1 Å². The maximum Gasteiger partial charge on any atom is 0.150 e. The van der Waals surface area contributed by atoms with E-state index in [2.05, 4.69) is 131 Å². The number of alkyl halides is 3.